The Labute approximate surface area is 167 Å². The van der Waals surface area contributed by atoms with Crippen molar-refractivity contribution in [2.75, 3.05) is 14.2 Å². The van der Waals surface area contributed by atoms with E-state index in [1.54, 1.807) is 24.3 Å². The van der Waals surface area contributed by atoms with Crippen LogP contribution in [0.25, 0.3) is 17.5 Å². The molecular formula is C22H19NO6. The van der Waals surface area contributed by atoms with Crippen molar-refractivity contribution in [3.8, 4) is 23.0 Å². The zero-order chi connectivity index (χ0) is 20.6. The smallest absolute Gasteiger partial charge is 0.330 e. The summed E-state index contributed by atoms with van der Waals surface area (Å²) < 4.78 is 20.6. The van der Waals surface area contributed by atoms with E-state index in [1.165, 1.54) is 26.6 Å². The maximum Gasteiger partial charge on any atom is 0.330 e. The maximum absolute atomic E-state index is 12.3. The van der Waals surface area contributed by atoms with Gasteiger partial charge >= 0.3 is 11.9 Å². The molecule has 0 bridgehead atoms. The molecule has 0 radical (unpaired) electrons. The number of esters is 2. The van der Waals surface area contributed by atoms with Gasteiger partial charge in [0.25, 0.3) is 0 Å². The molecule has 3 aromatic rings. The maximum atomic E-state index is 12.3. The predicted octanol–water partition coefficient (Wildman–Crippen LogP) is 3.68. The summed E-state index contributed by atoms with van der Waals surface area (Å²) in [6.07, 6.45) is 4.24. The molecule has 2 aromatic carbocycles. The van der Waals surface area contributed by atoms with Crippen molar-refractivity contribution in [1.29, 1.82) is 0 Å². The monoisotopic (exact) mass is 393 g/mol. The van der Waals surface area contributed by atoms with Crippen LogP contribution in [0.15, 0.2) is 65.3 Å². The molecule has 0 atom stereocenters. The Bertz CT molecular complexity index is 1020. The molecule has 0 saturated heterocycles. The van der Waals surface area contributed by atoms with Gasteiger partial charge in [-0.2, -0.15) is 0 Å². The van der Waals surface area contributed by atoms with Gasteiger partial charge in [-0.3, -0.25) is 4.79 Å². The zero-order valence-corrected chi connectivity index (χ0v) is 16.0. The minimum Gasteiger partial charge on any atom is -0.493 e. The number of ether oxygens (including phenoxy) is 3. The van der Waals surface area contributed by atoms with Crippen LogP contribution in [0.3, 0.4) is 0 Å². The van der Waals surface area contributed by atoms with Crippen LogP contribution in [-0.4, -0.2) is 31.1 Å². The Kier molecular flexibility index (Phi) is 6.42. The number of benzene rings is 2. The number of oxazole rings is 1. The van der Waals surface area contributed by atoms with Gasteiger partial charge in [0.05, 0.1) is 26.3 Å². The second kappa shape index (κ2) is 9.36. The normalized spacial score (nSPS) is 10.7. The summed E-state index contributed by atoms with van der Waals surface area (Å²) in [6.45, 7) is 0. The van der Waals surface area contributed by atoms with Crippen molar-refractivity contribution in [1.82, 2.24) is 4.98 Å². The molecule has 1 aromatic heterocycles. The third kappa shape index (κ3) is 5.32. The number of nitrogens with zero attached hydrogens (tertiary/aromatic N) is 1. The highest BCUT2D eigenvalue weighted by Gasteiger charge is 2.14. The van der Waals surface area contributed by atoms with Crippen molar-refractivity contribution in [2.24, 2.45) is 0 Å². The number of aromatic nitrogens is 1. The molecule has 0 unspecified atom stereocenters. The van der Waals surface area contributed by atoms with Gasteiger partial charge in [0.2, 0.25) is 5.89 Å². The summed E-state index contributed by atoms with van der Waals surface area (Å²) in [4.78, 5) is 27.8. The molecule has 148 valence electrons. The van der Waals surface area contributed by atoms with E-state index in [9.17, 15) is 9.59 Å². The van der Waals surface area contributed by atoms with Crippen molar-refractivity contribution in [3.05, 3.63) is 72.1 Å². The predicted molar refractivity (Wildman–Crippen MR) is 105 cm³/mol. The first-order valence-corrected chi connectivity index (χ1v) is 8.73. The van der Waals surface area contributed by atoms with Gasteiger partial charge in [0, 0.05) is 11.6 Å². The molecule has 29 heavy (non-hydrogen) atoms. The summed E-state index contributed by atoms with van der Waals surface area (Å²) in [6, 6.07) is 14.3. The quantitative estimate of drug-likeness (QED) is 0.344. The molecular weight excluding hydrogens is 374 g/mol. The van der Waals surface area contributed by atoms with Gasteiger partial charge in [-0.1, -0.05) is 24.3 Å². The third-order valence-electron chi connectivity index (χ3n) is 3.92. The molecule has 0 spiro atoms. The van der Waals surface area contributed by atoms with Crippen LogP contribution in [-0.2, 0) is 20.7 Å². The van der Waals surface area contributed by atoms with E-state index in [-0.39, 0.29) is 12.2 Å². The highest BCUT2D eigenvalue weighted by atomic mass is 16.6. The Morgan fingerprint density at radius 1 is 1.07 bits per heavy atom. The molecule has 7 nitrogen and oxygen atoms in total. The van der Waals surface area contributed by atoms with E-state index in [0.717, 1.165) is 5.56 Å². The topological polar surface area (TPSA) is 87.9 Å². The third-order valence-corrected chi connectivity index (χ3v) is 3.92. The van der Waals surface area contributed by atoms with Crippen LogP contribution in [0, 0.1) is 0 Å². The molecule has 0 aliphatic carbocycles. The lowest BCUT2D eigenvalue weighted by Gasteiger charge is -2.09. The summed E-state index contributed by atoms with van der Waals surface area (Å²) >= 11 is 0. The zero-order valence-electron chi connectivity index (χ0n) is 16.0. The Morgan fingerprint density at radius 3 is 2.59 bits per heavy atom. The van der Waals surface area contributed by atoms with Gasteiger partial charge in [0.15, 0.2) is 11.5 Å². The van der Waals surface area contributed by atoms with Crippen LogP contribution in [0.1, 0.15) is 11.3 Å². The van der Waals surface area contributed by atoms with Crippen molar-refractivity contribution in [2.45, 2.75) is 6.42 Å². The lowest BCUT2D eigenvalue weighted by atomic mass is 10.2. The van der Waals surface area contributed by atoms with Crippen molar-refractivity contribution in [3.63, 3.8) is 0 Å². The van der Waals surface area contributed by atoms with Crippen LogP contribution in [0.4, 0.5) is 0 Å². The first-order valence-electron chi connectivity index (χ1n) is 8.73. The van der Waals surface area contributed by atoms with Crippen LogP contribution in [0.5, 0.6) is 11.5 Å². The van der Waals surface area contributed by atoms with Gasteiger partial charge in [-0.15, -0.1) is 0 Å². The van der Waals surface area contributed by atoms with Crippen LogP contribution >= 0.6 is 0 Å². The van der Waals surface area contributed by atoms with Gasteiger partial charge in [-0.25, -0.2) is 9.78 Å². The Morgan fingerprint density at radius 2 is 1.86 bits per heavy atom. The van der Waals surface area contributed by atoms with Crippen LogP contribution in [0.2, 0.25) is 0 Å². The number of carbonyl (C=O) groups is 2. The number of methoxy groups -OCH3 is 2. The fourth-order valence-electron chi connectivity index (χ4n) is 2.51. The van der Waals surface area contributed by atoms with E-state index >= 15 is 0 Å². The fraction of sp³-hybridized carbons (Fsp3) is 0.136. The molecule has 0 saturated carbocycles. The average molecular weight is 393 g/mol. The molecule has 0 aliphatic heterocycles. The van der Waals surface area contributed by atoms with E-state index in [2.05, 4.69) is 9.72 Å². The highest BCUT2D eigenvalue weighted by molar-refractivity contribution is 5.87. The SMILES string of the molecule is COC(=O)/C=C/c1ccc(OC(=O)Cc2coc(-c3ccccc3)n2)c(OC)c1. The van der Waals surface area contributed by atoms with E-state index in [1.807, 2.05) is 30.3 Å². The number of carbonyl (C=O) groups excluding carboxylic acids is 2. The average Bonchev–Trinajstić information content (AvgIpc) is 3.21. The van der Waals surface area contributed by atoms with Crippen LogP contribution < -0.4 is 9.47 Å². The van der Waals surface area contributed by atoms with Crippen molar-refractivity contribution >= 4 is 18.0 Å². The summed E-state index contributed by atoms with van der Waals surface area (Å²) in [5.74, 6) is 0.0822. The lowest BCUT2D eigenvalue weighted by molar-refractivity contribution is -0.135. The fourth-order valence-corrected chi connectivity index (χ4v) is 2.51. The number of hydrogen-bond donors (Lipinski definition) is 0. The summed E-state index contributed by atoms with van der Waals surface area (Å²) in [5, 5.41) is 0. The molecule has 1 heterocycles. The summed E-state index contributed by atoms with van der Waals surface area (Å²) in [5.41, 5.74) is 1.98. The minimum atomic E-state index is -0.505. The molecule has 0 N–H and O–H groups in total. The second-order valence-electron chi connectivity index (χ2n) is 5.93. The Hall–Kier alpha value is -3.87. The van der Waals surface area contributed by atoms with E-state index < -0.39 is 11.9 Å². The largest absolute Gasteiger partial charge is 0.493 e. The first kappa shape index (κ1) is 19.9. The number of rotatable bonds is 7. The molecule has 0 amide bonds. The van der Waals surface area contributed by atoms with Crippen molar-refractivity contribution < 1.29 is 28.2 Å². The van der Waals surface area contributed by atoms with Gasteiger partial charge < -0.3 is 18.6 Å². The van der Waals surface area contributed by atoms with E-state index in [4.69, 9.17) is 13.9 Å². The molecule has 7 heteroatoms. The van der Waals surface area contributed by atoms with Gasteiger partial charge in [-0.05, 0) is 35.9 Å². The van der Waals surface area contributed by atoms with E-state index in [0.29, 0.717) is 22.9 Å². The highest BCUT2D eigenvalue weighted by Crippen LogP contribution is 2.29. The number of hydrogen-bond acceptors (Lipinski definition) is 7. The summed E-state index contributed by atoms with van der Waals surface area (Å²) in [7, 11) is 2.76. The molecule has 0 fully saturated rings. The molecule has 3 rings (SSSR count). The standard InChI is InChI=1S/C22H19NO6/c1-26-19-12-15(9-11-20(24)27-2)8-10-18(19)29-21(25)13-17-14-28-22(23-17)16-6-4-3-5-7-16/h3-12,14H,13H2,1-2H3/b11-9+. The Balaban J connectivity index is 1.67. The minimum absolute atomic E-state index is 0.0521. The molecule has 0 aliphatic rings. The second-order valence-corrected chi connectivity index (χ2v) is 5.93. The van der Waals surface area contributed by atoms with Gasteiger partial charge in [0.1, 0.15) is 6.26 Å². The lowest BCUT2D eigenvalue weighted by Crippen LogP contribution is -2.12. The first-order chi connectivity index (χ1) is 14.1.